The predicted molar refractivity (Wildman–Crippen MR) is 87.3 cm³/mol. The number of methoxy groups -OCH3 is 2. The first-order valence-corrected chi connectivity index (χ1v) is 8.26. The van der Waals surface area contributed by atoms with Gasteiger partial charge in [0.15, 0.2) is 6.17 Å². The van der Waals surface area contributed by atoms with Crippen molar-refractivity contribution in [2.75, 3.05) is 21.3 Å². The Morgan fingerprint density at radius 1 is 1.17 bits per heavy atom. The SMILES string of the molecule is [B]/C(=C(/[B])P(=O)(O)OC)[C@@H](OC)[C@@H](OC)[C@@H](F)c1ccccc1. The van der Waals surface area contributed by atoms with Crippen molar-refractivity contribution < 1.29 is 27.8 Å². The molecular formula is C14H18B2FO5P. The van der Waals surface area contributed by atoms with E-state index in [1.165, 1.54) is 14.2 Å². The first-order chi connectivity index (χ1) is 10.8. The van der Waals surface area contributed by atoms with Gasteiger partial charge in [0, 0.05) is 21.3 Å². The molecule has 0 saturated heterocycles. The Bertz CT molecular complexity index is 584. The van der Waals surface area contributed by atoms with Crippen LogP contribution in [0.25, 0.3) is 0 Å². The van der Waals surface area contributed by atoms with Gasteiger partial charge in [-0.15, -0.1) is 0 Å². The maximum atomic E-state index is 14.8. The van der Waals surface area contributed by atoms with Crippen LogP contribution in [-0.2, 0) is 18.6 Å². The number of hydrogen-bond donors (Lipinski definition) is 1. The van der Waals surface area contributed by atoms with E-state index in [9.17, 15) is 13.8 Å². The van der Waals surface area contributed by atoms with Gasteiger partial charge in [-0.2, -0.15) is 0 Å². The van der Waals surface area contributed by atoms with Crippen LogP contribution in [0.5, 0.6) is 0 Å². The van der Waals surface area contributed by atoms with E-state index in [-0.39, 0.29) is 5.47 Å². The molecule has 0 aromatic heterocycles. The van der Waals surface area contributed by atoms with Gasteiger partial charge in [0.2, 0.25) is 0 Å². The molecule has 5 nitrogen and oxygen atoms in total. The maximum absolute atomic E-state index is 14.8. The topological polar surface area (TPSA) is 65.0 Å². The largest absolute Gasteiger partial charge is 0.375 e. The number of benzene rings is 1. The summed E-state index contributed by atoms with van der Waals surface area (Å²) in [5.74, 6) is 0. The van der Waals surface area contributed by atoms with Crippen LogP contribution in [0.2, 0.25) is 0 Å². The summed E-state index contributed by atoms with van der Waals surface area (Å²) < 4.78 is 41.3. The average molecular weight is 338 g/mol. The van der Waals surface area contributed by atoms with Gasteiger partial charge in [-0.25, -0.2) is 4.39 Å². The van der Waals surface area contributed by atoms with E-state index >= 15 is 0 Å². The summed E-state index contributed by atoms with van der Waals surface area (Å²) in [4.78, 5) is 9.60. The fourth-order valence-electron chi connectivity index (χ4n) is 2.07. The van der Waals surface area contributed by atoms with Crippen LogP contribution in [0.3, 0.4) is 0 Å². The zero-order valence-electron chi connectivity index (χ0n) is 13.2. The van der Waals surface area contributed by atoms with E-state index in [4.69, 9.17) is 25.2 Å². The van der Waals surface area contributed by atoms with E-state index in [2.05, 4.69) is 4.52 Å². The summed E-state index contributed by atoms with van der Waals surface area (Å²) in [6.07, 6.45) is -3.93. The molecule has 122 valence electrons. The highest BCUT2D eigenvalue weighted by Gasteiger charge is 2.34. The maximum Gasteiger partial charge on any atom is 0.343 e. The molecule has 0 fully saturated rings. The lowest BCUT2D eigenvalue weighted by Gasteiger charge is -2.30. The summed E-state index contributed by atoms with van der Waals surface area (Å²) in [6, 6.07) is 8.27. The highest BCUT2D eigenvalue weighted by molar-refractivity contribution is 7.60. The molecular weight excluding hydrogens is 320 g/mol. The lowest BCUT2D eigenvalue weighted by Crippen LogP contribution is -2.36. The molecule has 9 heteroatoms. The molecule has 0 spiro atoms. The van der Waals surface area contributed by atoms with Crippen LogP contribution < -0.4 is 0 Å². The zero-order valence-corrected chi connectivity index (χ0v) is 14.1. The molecule has 4 radical (unpaired) electrons. The number of rotatable bonds is 8. The number of ether oxygens (including phenoxy) is 2. The zero-order chi connectivity index (χ0) is 17.6. The Morgan fingerprint density at radius 3 is 2.17 bits per heavy atom. The second-order valence-electron chi connectivity index (χ2n) is 4.71. The molecule has 4 atom stereocenters. The molecule has 1 aromatic rings. The Balaban J connectivity index is 3.20. The molecule has 1 N–H and O–H groups in total. The molecule has 1 aromatic carbocycles. The summed E-state index contributed by atoms with van der Waals surface area (Å²) in [5.41, 5.74) is 0.0392. The minimum Gasteiger partial charge on any atom is -0.375 e. The summed E-state index contributed by atoms with van der Waals surface area (Å²) in [5, 5.41) is -0.603. The van der Waals surface area contributed by atoms with Crippen molar-refractivity contribution >= 4 is 23.3 Å². The Morgan fingerprint density at radius 2 is 1.74 bits per heavy atom. The van der Waals surface area contributed by atoms with Crippen molar-refractivity contribution in [3.05, 3.63) is 46.6 Å². The molecule has 0 amide bonds. The molecule has 0 heterocycles. The summed E-state index contributed by atoms with van der Waals surface area (Å²) in [7, 11) is 10.7. The van der Waals surface area contributed by atoms with Gasteiger partial charge in [0.25, 0.3) is 0 Å². The van der Waals surface area contributed by atoms with E-state index < -0.39 is 31.2 Å². The minimum absolute atomic E-state index is 0.314. The fourth-order valence-corrected chi connectivity index (χ4v) is 2.72. The van der Waals surface area contributed by atoms with Crippen LogP contribution >= 0.6 is 7.60 Å². The average Bonchev–Trinajstić information content (AvgIpc) is 2.58. The predicted octanol–water partition coefficient (Wildman–Crippen LogP) is 2.07. The number of alkyl halides is 1. The number of halogens is 1. The fraction of sp³-hybridized carbons (Fsp3) is 0.429. The van der Waals surface area contributed by atoms with Crippen molar-refractivity contribution in [2.24, 2.45) is 0 Å². The van der Waals surface area contributed by atoms with Gasteiger partial charge in [-0.3, -0.25) is 4.57 Å². The number of hydrogen-bond acceptors (Lipinski definition) is 4. The highest BCUT2D eigenvalue weighted by Crippen LogP contribution is 2.50. The van der Waals surface area contributed by atoms with Gasteiger partial charge in [-0.1, -0.05) is 35.8 Å². The standard InChI is InChI=1S/C14H18B2FO5P/c1-20-12(10(15)14(16)23(18,19)22-3)13(21-2)11(17)9-7-5-4-6-8-9/h4-8,11-13H,1-3H3,(H,18,19)/b14-10-/t11-,12+,13-/m0/s1. The van der Waals surface area contributed by atoms with Gasteiger partial charge in [-0.05, 0) is 10.8 Å². The highest BCUT2D eigenvalue weighted by atomic mass is 31.2. The van der Waals surface area contributed by atoms with Crippen molar-refractivity contribution in [3.8, 4) is 0 Å². The lowest BCUT2D eigenvalue weighted by molar-refractivity contribution is -0.0554. The van der Waals surface area contributed by atoms with Crippen LogP contribution in [0, 0.1) is 0 Å². The summed E-state index contributed by atoms with van der Waals surface area (Å²) in [6.45, 7) is 0. The third-order valence-corrected chi connectivity index (χ3v) is 4.75. The van der Waals surface area contributed by atoms with Crippen LogP contribution in [-0.4, -0.2) is 54.1 Å². The van der Waals surface area contributed by atoms with Gasteiger partial charge < -0.3 is 18.9 Å². The van der Waals surface area contributed by atoms with Crippen molar-refractivity contribution in [1.29, 1.82) is 0 Å². The first-order valence-electron chi connectivity index (χ1n) is 6.69. The van der Waals surface area contributed by atoms with Crippen molar-refractivity contribution in [2.45, 2.75) is 18.4 Å². The van der Waals surface area contributed by atoms with Gasteiger partial charge in [0.1, 0.15) is 21.8 Å². The third kappa shape index (κ3) is 4.78. The summed E-state index contributed by atoms with van der Waals surface area (Å²) >= 11 is 0. The van der Waals surface area contributed by atoms with Crippen molar-refractivity contribution in [1.82, 2.24) is 0 Å². The third-order valence-electron chi connectivity index (χ3n) is 3.39. The van der Waals surface area contributed by atoms with Gasteiger partial charge >= 0.3 is 7.60 Å². The monoisotopic (exact) mass is 338 g/mol. The second-order valence-corrected chi connectivity index (χ2v) is 6.60. The lowest BCUT2D eigenvalue weighted by atomic mass is 9.81. The Labute approximate surface area is 138 Å². The molecule has 0 aliphatic heterocycles. The van der Waals surface area contributed by atoms with E-state index in [1.54, 1.807) is 30.3 Å². The molecule has 0 saturated carbocycles. The quantitative estimate of drug-likeness (QED) is 0.581. The van der Waals surface area contributed by atoms with Crippen LogP contribution in [0.4, 0.5) is 4.39 Å². The first kappa shape index (κ1) is 20.1. The van der Waals surface area contributed by atoms with Crippen LogP contribution in [0.1, 0.15) is 11.7 Å². The Kier molecular flexibility index (Phi) is 7.71. The smallest absolute Gasteiger partial charge is 0.343 e. The molecule has 1 rings (SSSR count). The van der Waals surface area contributed by atoms with E-state index in [0.29, 0.717) is 5.56 Å². The molecule has 23 heavy (non-hydrogen) atoms. The molecule has 0 bridgehead atoms. The van der Waals surface area contributed by atoms with Gasteiger partial charge in [0.05, 0.1) is 6.10 Å². The van der Waals surface area contributed by atoms with Crippen molar-refractivity contribution in [3.63, 3.8) is 0 Å². The van der Waals surface area contributed by atoms with E-state index in [1.807, 2.05) is 0 Å². The molecule has 0 aliphatic rings. The molecule has 1 unspecified atom stereocenters. The Hall–Kier alpha value is -0.910. The normalized spacial score (nSPS) is 19.3. The van der Waals surface area contributed by atoms with Crippen LogP contribution in [0.15, 0.2) is 41.0 Å². The second kappa shape index (κ2) is 8.81. The minimum atomic E-state index is -4.27. The van der Waals surface area contributed by atoms with E-state index in [0.717, 1.165) is 7.11 Å². The molecule has 0 aliphatic carbocycles.